The monoisotopic (exact) mass is 288 g/mol. The number of nitrogens with one attached hydrogen (secondary N) is 1. The van der Waals surface area contributed by atoms with Gasteiger partial charge in [0.15, 0.2) is 5.82 Å². The summed E-state index contributed by atoms with van der Waals surface area (Å²) >= 11 is 0. The van der Waals surface area contributed by atoms with Crippen LogP contribution in [0.25, 0.3) is 0 Å². The van der Waals surface area contributed by atoms with Gasteiger partial charge in [-0.1, -0.05) is 55.8 Å². The molecule has 2 aromatic rings. The van der Waals surface area contributed by atoms with Gasteiger partial charge in [-0.25, -0.2) is 0 Å². The zero-order valence-electron chi connectivity index (χ0n) is 12.2. The highest BCUT2D eigenvalue weighted by Gasteiger charge is 2.35. The molecule has 0 saturated heterocycles. The van der Waals surface area contributed by atoms with Gasteiger partial charge in [-0.2, -0.15) is 5.21 Å². The Kier molecular flexibility index (Phi) is 5.03. The Morgan fingerprint density at radius 1 is 1.33 bits per heavy atom. The number of aromatic amines is 1. The van der Waals surface area contributed by atoms with Crippen LogP contribution in [0.1, 0.15) is 37.6 Å². The van der Waals surface area contributed by atoms with E-state index >= 15 is 0 Å². The van der Waals surface area contributed by atoms with Crippen molar-refractivity contribution in [3.63, 3.8) is 0 Å². The maximum Gasteiger partial charge on any atom is 0.307 e. The molecule has 0 bridgehead atoms. The maximum absolute atomic E-state index is 11.7. The molecule has 6 heteroatoms. The summed E-state index contributed by atoms with van der Waals surface area (Å²) in [5.41, 5.74) is 1.07. The standard InChI is InChI=1S/C15H20N4O2/c1-3-10(2)13(15(20)21)12(14-16-18-19-17-14)9-11-7-5-4-6-8-11/h4-8,10,12-13H,3,9H2,1-2H3,(H,20,21)(H,16,17,18,19)/t10?,12-,13-/m0/s1. The summed E-state index contributed by atoms with van der Waals surface area (Å²) < 4.78 is 0. The minimum Gasteiger partial charge on any atom is -0.481 e. The summed E-state index contributed by atoms with van der Waals surface area (Å²) in [7, 11) is 0. The normalized spacial score (nSPS) is 15.3. The van der Waals surface area contributed by atoms with Gasteiger partial charge in [0, 0.05) is 5.92 Å². The molecule has 112 valence electrons. The van der Waals surface area contributed by atoms with Crippen molar-refractivity contribution in [2.24, 2.45) is 11.8 Å². The van der Waals surface area contributed by atoms with E-state index in [4.69, 9.17) is 0 Å². The van der Waals surface area contributed by atoms with E-state index in [1.165, 1.54) is 0 Å². The molecule has 1 unspecified atom stereocenters. The zero-order valence-corrected chi connectivity index (χ0v) is 12.2. The van der Waals surface area contributed by atoms with Gasteiger partial charge >= 0.3 is 5.97 Å². The first kappa shape index (κ1) is 15.2. The molecule has 0 fully saturated rings. The summed E-state index contributed by atoms with van der Waals surface area (Å²) in [6.07, 6.45) is 1.38. The summed E-state index contributed by atoms with van der Waals surface area (Å²) in [6.45, 7) is 3.95. The molecule has 0 spiro atoms. The van der Waals surface area contributed by atoms with E-state index in [-0.39, 0.29) is 11.8 Å². The fraction of sp³-hybridized carbons (Fsp3) is 0.467. The van der Waals surface area contributed by atoms with Gasteiger partial charge in [0.2, 0.25) is 0 Å². The first-order valence-electron chi connectivity index (χ1n) is 7.13. The predicted octanol–water partition coefficient (Wildman–Crippen LogP) is 2.27. The lowest BCUT2D eigenvalue weighted by molar-refractivity contribution is -0.144. The number of carbonyl (C=O) groups is 1. The summed E-state index contributed by atoms with van der Waals surface area (Å²) in [5, 5.41) is 23.7. The van der Waals surface area contributed by atoms with Crippen LogP contribution in [-0.2, 0) is 11.2 Å². The van der Waals surface area contributed by atoms with Gasteiger partial charge in [-0.05, 0) is 17.9 Å². The van der Waals surface area contributed by atoms with E-state index in [9.17, 15) is 9.90 Å². The molecule has 0 amide bonds. The minimum atomic E-state index is -0.810. The number of hydrogen-bond donors (Lipinski definition) is 2. The smallest absolute Gasteiger partial charge is 0.307 e. The number of aromatic nitrogens is 4. The number of nitrogens with zero attached hydrogens (tertiary/aromatic N) is 3. The van der Waals surface area contributed by atoms with Gasteiger partial charge in [0.25, 0.3) is 0 Å². The van der Waals surface area contributed by atoms with Gasteiger partial charge in [-0.3, -0.25) is 4.79 Å². The lowest BCUT2D eigenvalue weighted by Gasteiger charge is -2.26. The lowest BCUT2D eigenvalue weighted by atomic mass is 9.77. The Morgan fingerprint density at radius 2 is 2.05 bits per heavy atom. The van der Waals surface area contributed by atoms with E-state index in [2.05, 4.69) is 20.6 Å². The minimum absolute atomic E-state index is 0.0368. The highest BCUT2D eigenvalue weighted by atomic mass is 16.4. The Hall–Kier alpha value is -2.24. The van der Waals surface area contributed by atoms with E-state index < -0.39 is 11.9 Å². The van der Waals surface area contributed by atoms with Gasteiger partial charge in [0.05, 0.1) is 5.92 Å². The number of benzene rings is 1. The van der Waals surface area contributed by atoms with Crippen LogP contribution in [0.5, 0.6) is 0 Å². The number of tetrazole rings is 1. The fourth-order valence-electron chi connectivity index (χ4n) is 2.64. The van der Waals surface area contributed by atoms with Crippen molar-refractivity contribution in [1.82, 2.24) is 20.6 Å². The second-order valence-electron chi connectivity index (χ2n) is 5.32. The number of rotatable bonds is 7. The third-order valence-corrected chi connectivity index (χ3v) is 3.97. The van der Waals surface area contributed by atoms with Crippen LogP contribution < -0.4 is 0 Å². The van der Waals surface area contributed by atoms with Crippen LogP contribution in [0, 0.1) is 11.8 Å². The van der Waals surface area contributed by atoms with Crippen LogP contribution in [0.4, 0.5) is 0 Å². The van der Waals surface area contributed by atoms with Crippen molar-refractivity contribution in [1.29, 1.82) is 0 Å². The second kappa shape index (κ2) is 6.97. The number of carboxylic acid groups (broad SMARTS) is 1. The molecule has 6 nitrogen and oxygen atoms in total. The number of H-pyrrole nitrogens is 1. The number of aliphatic carboxylic acids is 1. The SMILES string of the molecule is CCC(C)[C@H](C(=O)O)[C@H](Cc1ccccc1)c1nn[nH]n1. The molecular weight excluding hydrogens is 268 g/mol. The van der Waals surface area contributed by atoms with Crippen molar-refractivity contribution in [2.75, 3.05) is 0 Å². The van der Waals surface area contributed by atoms with Crippen LogP contribution in [0.2, 0.25) is 0 Å². The molecule has 0 aliphatic rings. The first-order valence-corrected chi connectivity index (χ1v) is 7.13. The molecule has 2 rings (SSSR count). The Balaban J connectivity index is 2.33. The van der Waals surface area contributed by atoms with Crippen molar-refractivity contribution >= 4 is 5.97 Å². The number of carboxylic acids is 1. The van der Waals surface area contributed by atoms with Crippen LogP contribution in [0.15, 0.2) is 30.3 Å². The number of hydrogen-bond acceptors (Lipinski definition) is 4. The molecule has 0 saturated carbocycles. The van der Waals surface area contributed by atoms with Gasteiger partial charge in [-0.15, -0.1) is 10.2 Å². The molecule has 1 heterocycles. The summed E-state index contributed by atoms with van der Waals surface area (Å²) in [4.78, 5) is 11.7. The van der Waals surface area contributed by atoms with Crippen molar-refractivity contribution < 1.29 is 9.90 Å². The first-order chi connectivity index (χ1) is 10.1. The highest BCUT2D eigenvalue weighted by Crippen LogP contribution is 2.33. The average Bonchev–Trinajstić information content (AvgIpc) is 3.01. The molecule has 0 radical (unpaired) electrons. The molecule has 0 aliphatic carbocycles. The van der Waals surface area contributed by atoms with Crippen LogP contribution in [0.3, 0.4) is 0 Å². The fourth-order valence-corrected chi connectivity index (χ4v) is 2.64. The quantitative estimate of drug-likeness (QED) is 0.815. The molecule has 1 aromatic carbocycles. The zero-order chi connectivity index (χ0) is 15.2. The average molecular weight is 288 g/mol. The lowest BCUT2D eigenvalue weighted by Crippen LogP contribution is -2.30. The predicted molar refractivity (Wildman–Crippen MR) is 77.6 cm³/mol. The van der Waals surface area contributed by atoms with Gasteiger partial charge in [0.1, 0.15) is 0 Å². The van der Waals surface area contributed by atoms with E-state index in [0.29, 0.717) is 12.2 Å². The van der Waals surface area contributed by atoms with Crippen LogP contribution in [-0.4, -0.2) is 31.7 Å². The topological polar surface area (TPSA) is 91.8 Å². The molecular formula is C15H20N4O2. The Labute approximate surface area is 123 Å². The van der Waals surface area contributed by atoms with Crippen molar-refractivity contribution in [2.45, 2.75) is 32.6 Å². The highest BCUT2D eigenvalue weighted by molar-refractivity contribution is 5.71. The van der Waals surface area contributed by atoms with Crippen LogP contribution >= 0.6 is 0 Å². The third kappa shape index (κ3) is 3.65. The van der Waals surface area contributed by atoms with Gasteiger partial charge < -0.3 is 5.11 Å². The molecule has 2 N–H and O–H groups in total. The Bertz CT molecular complexity index is 556. The van der Waals surface area contributed by atoms with E-state index in [0.717, 1.165) is 12.0 Å². The molecule has 21 heavy (non-hydrogen) atoms. The summed E-state index contributed by atoms with van der Waals surface area (Å²) in [5.74, 6) is -1.14. The van der Waals surface area contributed by atoms with Crippen molar-refractivity contribution in [3.05, 3.63) is 41.7 Å². The largest absolute Gasteiger partial charge is 0.481 e. The van der Waals surface area contributed by atoms with Crippen molar-refractivity contribution in [3.8, 4) is 0 Å². The van der Waals surface area contributed by atoms with E-state index in [1.807, 2.05) is 44.2 Å². The molecule has 0 aliphatic heterocycles. The second-order valence-corrected chi connectivity index (χ2v) is 5.32. The Morgan fingerprint density at radius 3 is 2.57 bits per heavy atom. The maximum atomic E-state index is 11.7. The summed E-state index contributed by atoms with van der Waals surface area (Å²) in [6, 6.07) is 9.81. The molecule has 3 atom stereocenters. The van der Waals surface area contributed by atoms with E-state index in [1.54, 1.807) is 0 Å². The molecule has 1 aromatic heterocycles. The third-order valence-electron chi connectivity index (χ3n) is 3.97.